The summed E-state index contributed by atoms with van der Waals surface area (Å²) in [5, 5.41) is 4.40. The molecule has 2 rings (SSSR count). The van der Waals surface area contributed by atoms with Crippen LogP contribution in [-0.4, -0.2) is 13.1 Å². The van der Waals surface area contributed by atoms with Crippen LogP contribution in [0.25, 0.3) is 6.08 Å². The molecule has 1 N–H and O–H groups in total. The Kier molecular flexibility index (Phi) is 2.58. The number of halogens is 2. The first-order chi connectivity index (χ1) is 6.25. The van der Waals surface area contributed by atoms with Gasteiger partial charge in [-0.25, -0.2) is 0 Å². The van der Waals surface area contributed by atoms with E-state index in [9.17, 15) is 0 Å². The van der Waals surface area contributed by atoms with Crippen LogP contribution in [0.3, 0.4) is 0 Å². The van der Waals surface area contributed by atoms with Crippen molar-refractivity contribution < 1.29 is 0 Å². The fourth-order valence-electron chi connectivity index (χ4n) is 1.21. The molecule has 0 aromatic heterocycles. The highest BCUT2D eigenvalue weighted by atomic mass is 35.5. The van der Waals surface area contributed by atoms with E-state index in [0.717, 1.165) is 18.7 Å². The minimum absolute atomic E-state index is 0.607. The zero-order chi connectivity index (χ0) is 9.26. The Morgan fingerprint density at radius 2 is 1.92 bits per heavy atom. The summed E-state index contributed by atoms with van der Waals surface area (Å²) in [5.74, 6) is 0. The lowest BCUT2D eigenvalue weighted by Gasteiger charge is -2.18. The number of hydrogen-bond acceptors (Lipinski definition) is 1. The van der Waals surface area contributed by atoms with Crippen LogP contribution in [0, 0.1) is 0 Å². The van der Waals surface area contributed by atoms with Crippen LogP contribution >= 0.6 is 23.2 Å². The molecule has 1 saturated heterocycles. The second kappa shape index (κ2) is 3.70. The molecule has 1 nitrogen and oxygen atoms in total. The van der Waals surface area contributed by atoms with Gasteiger partial charge < -0.3 is 5.32 Å². The van der Waals surface area contributed by atoms with Crippen LogP contribution in [0.2, 0.25) is 10.0 Å². The van der Waals surface area contributed by atoms with Crippen LogP contribution in [0.5, 0.6) is 0 Å². The van der Waals surface area contributed by atoms with Gasteiger partial charge in [0.15, 0.2) is 0 Å². The standard InChI is InChI=1S/C10H9Cl2N/c11-9-2-1-7(4-10(9)12)3-8-5-13-6-8/h1-4,13H,5-6H2. The first kappa shape index (κ1) is 9.07. The average Bonchev–Trinajstić information content (AvgIpc) is 2.04. The van der Waals surface area contributed by atoms with Crippen molar-refractivity contribution in [3.63, 3.8) is 0 Å². The SMILES string of the molecule is Clc1ccc(C=C2CNC2)cc1Cl. The summed E-state index contributed by atoms with van der Waals surface area (Å²) in [6.45, 7) is 1.97. The number of rotatable bonds is 1. The molecule has 0 amide bonds. The first-order valence-corrected chi connectivity index (χ1v) is 4.86. The van der Waals surface area contributed by atoms with Gasteiger partial charge in [-0.2, -0.15) is 0 Å². The average molecular weight is 214 g/mol. The van der Waals surface area contributed by atoms with E-state index in [1.807, 2.05) is 18.2 Å². The second-order valence-electron chi connectivity index (χ2n) is 3.08. The highest BCUT2D eigenvalue weighted by Gasteiger charge is 2.06. The largest absolute Gasteiger partial charge is 0.309 e. The molecule has 1 heterocycles. The van der Waals surface area contributed by atoms with Crippen molar-refractivity contribution in [2.24, 2.45) is 0 Å². The van der Waals surface area contributed by atoms with E-state index < -0.39 is 0 Å². The minimum Gasteiger partial charge on any atom is -0.309 e. The Morgan fingerprint density at radius 1 is 1.15 bits per heavy atom. The lowest BCUT2D eigenvalue weighted by atomic mass is 10.1. The second-order valence-corrected chi connectivity index (χ2v) is 3.89. The van der Waals surface area contributed by atoms with Crippen LogP contribution < -0.4 is 5.32 Å². The Labute approximate surface area is 87.4 Å². The topological polar surface area (TPSA) is 12.0 Å². The normalized spacial score (nSPS) is 15.4. The van der Waals surface area contributed by atoms with E-state index >= 15 is 0 Å². The number of hydrogen-bond donors (Lipinski definition) is 1. The fraction of sp³-hybridized carbons (Fsp3) is 0.200. The lowest BCUT2D eigenvalue weighted by molar-refractivity contribution is 0.675. The molecule has 0 unspecified atom stereocenters. The number of nitrogens with one attached hydrogen (secondary N) is 1. The quantitative estimate of drug-likeness (QED) is 0.757. The fourth-order valence-corrected chi connectivity index (χ4v) is 1.52. The van der Waals surface area contributed by atoms with Crippen LogP contribution in [0.1, 0.15) is 5.56 Å². The lowest BCUT2D eigenvalue weighted by Crippen LogP contribution is -2.33. The molecular formula is C10H9Cl2N. The van der Waals surface area contributed by atoms with Gasteiger partial charge in [-0.3, -0.25) is 0 Å². The summed E-state index contributed by atoms with van der Waals surface area (Å²) >= 11 is 11.7. The smallest absolute Gasteiger partial charge is 0.0598 e. The summed E-state index contributed by atoms with van der Waals surface area (Å²) in [6.07, 6.45) is 2.14. The molecule has 68 valence electrons. The van der Waals surface area contributed by atoms with Crippen molar-refractivity contribution in [3.05, 3.63) is 39.4 Å². The molecular weight excluding hydrogens is 205 g/mol. The van der Waals surface area contributed by atoms with Gasteiger partial charge in [-0.05, 0) is 23.3 Å². The molecule has 1 fully saturated rings. The summed E-state index contributed by atoms with van der Waals surface area (Å²) in [4.78, 5) is 0. The molecule has 0 saturated carbocycles. The van der Waals surface area contributed by atoms with Crippen LogP contribution in [0.15, 0.2) is 23.8 Å². The third kappa shape index (κ3) is 2.05. The Bertz CT molecular complexity index is 352. The van der Waals surface area contributed by atoms with Crippen LogP contribution in [0.4, 0.5) is 0 Å². The molecule has 3 heteroatoms. The molecule has 1 aliphatic rings. The van der Waals surface area contributed by atoms with Gasteiger partial charge in [0, 0.05) is 13.1 Å². The maximum atomic E-state index is 5.88. The predicted molar refractivity (Wildman–Crippen MR) is 57.3 cm³/mol. The maximum absolute atomic E-state index is 5.88. The van der Waals surface area contributed by atoms with Crippen molar-refractivity contribution in [2.45, 2.75) is 0 Å². The van der Waals surface area contributed by atoms with Gasteiger partial charge in [0.25, 0.3) is 0 Å². The third-order valence-electron chi connectivity index (χ3n) is 2.02. The van der Waals surface area contributed by atoms with E-state index in [2.05, 4.69) is 11.4 Å². The van der Waals surface area contributed by atoms with Gasteiger partial charge in [0.2, 0.25) is 0 Å². The number of benzene rings is 1. The Morgan fingerprint density at radius 3 is 2.46 bits per heavy atom. The Balaban J connectivity index is 2.26. The summed E-state index contributed by atoms with van der Waals surface area (Å²) in [6, 6.07) is 5.68. The first-order valence-electron chi connectivity index (χ1n) is 4.11. The van der Waals surface area contributed by atoms with Gasteiger partial charge >= 0.3 is 0 Å². The van der Waals surface area contributed by atoms with E-state index in [0.29, 0.717) is 10.0 Å². The van der Waals surface area contributed by atoms with Gasteiger partial charge in [-0.1, -0.05) is 35.3 Å². The minimum atomic E-state index is 0.607. The molecule has 1 aromatic rings. The van der Waals surface area contributed by atoms with E-state index in [-0.39, 0.29) is 0 Å². The van der Waals surface area contributed by atoms with E-state index in [4.69, 9.17) is 23.2 Å². The maximum Gasteiger partial charge on any atom is 0.0598 e. The zero-order valence-corrected chi connectivity index (χ0v) is 8.49. The molecule has 0 spiro atoms. The molecule has 1 aliphatic heterocycles. The van der Waals surface area contributed by atoms with Crippen molar-refractivity contribution in [1.29, 1.82) is 0 Å². The van der Waals surface area contributed by atoms with Crippen molar-refractivity contribution in [3.8, 4) is 0 Å². The van der Waals surface area contributed by atoms with Gasteiger partial charge in [-0.15, -0.1) is 0 Å². The molecule has 0 aliphatic carbocycles. The third-order valence-corrected chi connectivity index (χ3v) is 2.76. The molecule has 0 radical (unpaired) electrons. The van der Waals surface area contributed by atoms with E-state index in [1.54, 1.807) is 0 Å². The molecule has 13 heavy (non-hydrogen) atoms. The highest BCUT2D eigenvalue weighted by molar-refractivity contribution is 6.42. The monoisotopic (exact) mass is 213 g/mol. The van der Waals surface area contributed by atoms with Crippen molar-refractivity contribution in [1.82, 2.24) is 5.32 Å². The van der Waals surface area contributed by atoms with Crippen molar-refractivity contribution in [2.75, 3.05) is 13.1 Å². The summed E-state index contributed by atoms with van der Waals surface area (Å²) in [7, 11) is 0. The zero-order valence-electron chi connectivity index (χ0n) is 6.98. The van der Waals surface area contributed by atoms with E-state index in [1.165, 1.54) is 5.57 Å². The summed E-state index contributed by atoms with van der Waals surface area (Å²) in [5.41, 5.74) is 2.52. The molecule has 1 aromatic carbocycles. The molecule has 0 bridgehead atoms. The predicted octanol–water partition coefficient (Wildman–Crippen LogP) is 2.98. The molecule has 0 atom stereocenters. The van der Waals surface area contributed by atoms with Crippen LogP contribution in [-0.2, 0) is 0 Å². The summed E-state index contributed by atoms with van der Waals surface area (Å²) < 4.78 is 0. The van der Waals surface area contributed by atoms with Gasteiger partial charge in [0.1, 0.15) is 0 Å². The Hall–Kier alpha value is -0.500. The van der Waals surface area contributed by atoms with Gasteiger partial charge in [0.05, 0.1) is 10.0 Å². The highest BCUT2D eigenvalue weighted by Crippen LogP contribution is 2.23. The van der Waals surface area contributed by atoms with Crippen molar-refractivity contribution >= 4 is 29.3 Å².